The number of hydrogen-bond acceptors (Lipinski definition) is 2. The van der Waals surface area contributed by atoms with Crippen molar-refractivity contribution in [2.75, 3.05) is 0 Å². The number of thiazole rings is 1. The van der Waals surface area contributed by atoms with E-state index in [-0.39, 0.29) is 11.3 Å². The van der Waals surface area contributed by atoms with Crippen molar-refractivity contribution in [3.63, 3.8) is 0 Å². The molecule has 1 aliphatic carbocycles. The summed E-state index contributed by atoms with van der Waals surface area (Å²) < 4.78 is 37.1. The molecule has 0 aliphatic heterocycles. The molecule has 1 aromatic heterocycles. The lowest BCUT2D eigenvalue weighted by Gasteiger charge is -2.23. The Morgan fingerprint density at radius 1 is 1.38 bits per heavy atom. The molecule has 1 saturated carbocycles. The van der Waals surface area contributed by atoms with Gasteiger partial charge in [-0.3, -0.25) is 0 Å². The third kappa shape index (κ3) is 2.69. The minimum Gasteiger partial charge on any atom is -0.240 e. The van der Waals surface area contributed by atoms with Crippen LogP contribution in [0, 0.1) is 0 Å². The highest BCUT2D eigenvalue weighted by Crippen LogP contribution is 2.40. The molecule has 0 N–H and O–H groups in total. The summed E-state index contributed by atoms with van der Waals surface area (Å²) in [5, 5.41) is -0.658. The maximum atomic E-state index is 12.4. The normalized spacial score (nSPS) is 27.0. The standard InChI is InChI=1S/C10H11ClF3NS/c11-7-3-1-2-6(4-7)8-5-15-9(16-8)10(12,13)14/h5-7H,1-4H2. The minimum absolute atomic E-state index is 0.0928. The van der Waals surface area contributed by atoms with Crippen molar-refractivity contribution >= 4 is 22.9 Å². The van der Waals surface area contributed by atoms with Crippen molar-refractivity contribution in [2.24, 2.45) is 0 Å². The zero-order chi connectivity index (χ0) is 11.8. The average Bonchev–Trinajstić information content (AvgIpc) is 2.65. The molecule has 16 heavy (non-hydrogen) atoms. The van der Waals surface area contributed by atoms with Gasteiger partial charge >= 0.3 is 6.18 Å². The molecule has 90 valence electrons. The Labute approximate surface area is 101 Å². The van der Waals surface area contributed by atoms with Crippen LogP contribution in [-0.2, 0) is 6.18 Å². The van der Waals surface area contributed by atoms with Gasteiger partial charge in [-0.15, -0.1) is 22.9 Å². The van der Waals surface area contributed by atoms with Crippen LogP contribution in [0.3, 0.4) is 0 Å². The third-order valence-electron chi connectivity index (χ3n) is 2.78. The fourth-order valence-electron chi connectivity index (χ4n) is 1.99. The first-order valence-electron chi connectivity index (χ1n) is 5.14. The van der Waals surface area contributed by atoms with Gasteiger partial charge in [0.15, 0.2) is 5.01 Å². The van der Waals surface area contributed by atoms with Gasteiger partial charge in [-0.2, -0.15) is 13.2 Å². The Morgan fingerprint density at radius 3 is 2.69 bits per heavy atom. The molecule has 0 aromatic carbocycles. The van der Waals surface area contributed by atoms with Gasteiger partial charge in [0.1, 0.15) is 0 Å². The lowest BCUT2D eigenvalue weighted by atomic mass is 9.88. The van der Waals surface area contributed by atoms with Crippen molar-refractivity contribution in [3.05, 3.63) is 16.1 Å². The highest BCUT2D eigenvalue weighted by atomic mass is 35.5. The summed E-state index contributed by atoms with van der Waals surface area (Å²) >= 11 is 6.77. The predicted molar refractivity (Wildman–Crippen MR) is 58.0 cm³/mol. The zero-order valence-electron chi connectivity index (χ0n) is 8.43. The van der Waals surface area contributed by atoms with Gasteiger partial charge in [0, 0.05) is 16.5 Å². The van der Waals surface area contributed by atoms with Gasteiger partial charge in [-0.05, 0) is 25.2 Å². The molecule has 2 rings (SSSR count). The summed E-state index contributed by atoms with van der Waals surface area (Å²) in [5.74, 6) is 0.157. The van der Waals surface area contributed by atoms with Gasteiger partial charge in [0.05, 0.1) is 0 Å². The van der Waals surface area contributed by atoms with Gasteiger partial charge < -0.3 is 0 Å². The molecular weight excluding hydrogens is 259 g/mol. The Balaban J connectivity index is 2.12. The molecule has 0 spiro atoms. The summed E-state index contributed by atoms with van der Waals surface area (Å²) in [5.41, 5.74) is 0. The molecule has 0 amide bonds. The van der Waals surface area contributed by atoms with Crippen LogP contribution in [0.2, 0.25) is 0 Å². The van der Waals surface area contributed by atoms with Crippen LogP contribution in [0.5, 0.6) is 0 Å². The molecule has 0 bridgehead atoms. The predicted octanol–water partition coefficient (Wildman–Crippen LogP) is 4.43. The van der Waals surface area contributed by atoms with Crippen LogP contribution in [0.1, 0.15) is 41.5 Å². The fourth-order valence-corrected chi connectivity index (χ4v) is 3.29. The van der Waals surface area contributed by atoms with Crippen LogP contribution in [0.15, 0.2) is 6.20 Å². The van der Waals surface area contributed by atoms with Gasteiger partial charge in [-0.1, -0.05) is 6.42 Å². The number of alkyl halides is 4. The first kappa shape index (κ1) is 12.2. The number of rotatable bonds is 1. The number of halogens is 4. The molecule has 1 aromatic rings. The maximum Gasteiger partial charge on any atom is 0.443 e. The summed E-state index contributed by atoms with van der Waals surface area (Å²) in [6.07, 6.45) is 0.663. The van der Waals surface area contributed by atoms with Crippen molar-refractivity contribution in [1.82, 2.24) is 4.98 Å². The summed E-state index contributed by atoms with van der Waals surface area (Å²) in [6, 6.07) is 0. The summed E-state index contributed by atoms with van der Waals surface area (Å²) in [7, 11) is 0. The minimum atomic E-state index is -4.32. The van der Waals surface area contributed by atoms with Crippen molar-refractivity contribution in [1.29, 1.82) is 0 Å². The maximum absolute atomic E-state index is 12.4. The molecule has 0 saturated heterocycles. The molecular formula is C10H11ClF3NS. The van der Waals surface area contributed by atoms with E-state index in [9.17, 15) is 13.2 Å². The first-order chi connectivity index (χ1) is 7.47. The summed E-state index contributed by atoms with van der Waals surface area (Å²) in [6.45, 7) is 0. The monoisotopic (exact) mass is 269 g/mol. The topological polar surface area (TPSA) is 12.9 Å². The Bertz CT molecular complexity index is 363. The van der Waals surface area contributed by atoms with E-state index in [1.807, 2.05) is 0 Å². The van der Waals surface area contributed by atoms with Crippen molar-refractivity contribution in [2.45, 2.75) is 43.2 Å². The highest BCUT2D eigenvalue weighted by molar-refractivity contribution is 7.11. The van der Waals surface area contributed by atoms with Crippen LogP contribution < -0.4 is 0 Å². The largest absolute Gasteiger partial charge is 0.443 e. The van der Waals surface area contributed by atoms with Gasteiger partial charge in [0.2, 0.25) is 0 Å². The lowest BCUT2D eigenvalue weighted by Crippen LogP contribution is -2.12. The van der Waals surface area contributed by atoms with Crippen LogP contribution in [0.4, 0.5) is 13.2 Å². The molecule has 1 heterocycles. The Kier molecular flexibility index (Phi) is 3.45. The molecule has 1 aliphatic rings. The second-order valence-electron chi connectivity index (χ2n) is 4.03. The average molecular weight is 270 g/mol. The Hall–Kier alpha value is -0.290. The van der Waals surface area contributed by atoms with E-state index >= 15 is 0 Å². The second kappa shape index (κ2) is 4.53. The fraction of sp³-hybridized carbons (Fsp3) is 0.700. The van der Waals surface area contributed by atoms with E-state index in [0.29, 0.717) is 0 Å². The number of aromatic nitrogens is 1. The smallest absolute Gasteiger partial charge is 0.240 e. The van der Waals surface area contributed by atoms with Crippen LogP contribution in [-0.4, -0.2) is 10.4 Å². The lowest BCUT2D eigenvalue weighted by molar-refractivity contribution is -0.137. The molecule has 2 unspecified atom stereocenters. The number of nitrogens with zero attached hydrogens (tertiary/aromatic N) is 1. The van der Waals surface area contributed by atoms with Crippen LogP contribution >= 0.6 is 22.9 Å². The van der Waals surface area contributed by atoms with Gasteiger partial charge in [-0.25, -0.2) is 4.98 Å². The van der Waals surface area contributed by atoms with E-state index in [4.69, 9.17) is 11.6 Å². The van der Waals surface area contributed by atoms with Gasteiger partial charge in [0.25, 0.3) is 0 Å². The van der Waals surface area contributed by atoms with Crippen molar-refractivity contribution in [3.8, 4) is 0 Å². The van der Waals surface area contributed by atoms with E-state index < -0.39 is 11.2 Å². The molecule has 6 heteroatoms. The SMILES string of the molecule is FC(F)(F)c1ncc(C2CCCC(Cl)C2)s1. The number of hydrogen-bond donors (Lipinski definition) is 0. The first-order valence-corrected chi connectivity index (χ1v) is 6.39. The van der Waals surface area contributed by atoms with E-state index in [0.717, 1.165) is 41.9 Å². The molecule has 1 fully saturated rings. The second-order valence-corrected chi connectivity index (χ2v) is 5.71. The zero-order valence-corrected chi connectivity index (χ0v) is 10.0. The third-order valence-corrected chi connectivity index (χ3v) is 4.38. The quantitative estimate of drug-likeness (QED) is 0.688. The van der Waals surface area contributed by atoms with E-state index in [1.54, 1.807) is 0 Å². The molecule has 2 atom stereocenters. The van der Waals surface area contributed by atoms with E-state index in [2.05, 4.69) is 4.98 Å². The Morgan fingerprint density at radius 2 is 2.12 bits per heavy atom. The summed E-state index contributed by atoms with van der Waals surface area (Å²) in [4.78, 5) is 4.16. The molecule has 0 radical (unpaired) electrons. The van der Waals surface area contributed by atoms with Crippen molar-refractivity contribution < 1.29 is 13.2 Å². The van der Waals surface area contributed by atoms with Crippen LogP contribution in [0.25, 0.3) is 0 Å². The van der Waals surface area contributed by atoms with E-state index in [1.165, 1.54) is 6.20 Å². The highest BCUT2D eigenvalue weighted by Gasteiger charge is 2.35. The molecule has 1 nitrogen and oxygen atoms in total.